The highest BCUT2D eigenvalue weighted by Crippen LogP contribution is 2.36. The van der Waals surface area contributed by atoms with Crippen molar-refractivity contribution in [2.45, 2.75) is 6.92 Å². The smallest absolute Gasteiger partial charge is 0.211 e. The zero-order chi connectivity index (χ0) is 13.5. The average Bonchev–Trinajstić information content (AvgIpc) is 2.31. The Kier molecular flexibility index (Phi) is 5.44. The topological polar surface area (TPSA) is 95.2 Å². The molecule has 1 aromatic carbocycles. The van der Waals surface area contributed by atoms with Gasteiger partial charge in [-0.05, 0) is 40.5 Å². The number of nitrogens with zero attached hydrogens (tertiary/aromatic N) is 2. The van der Waals surface area contributed by atoms with E-state index in [2.05, 4.69) is 26.1 Å². The van der Waals surface area contributed by atoms with Crippen LogP contribution in [0.4, 0.5) is 0 Å². The predicted octanol–water partition coefficient (Wildman–Crippen LogP) is 1.46. The van der Waals surface area contributed by atoms with Crippen LogP contribution in [0.25, 0.3) is 0 Å². The van der Waals surface area contributed by atoms with E-state index in [4.69, 9.17) is 20.9 Å². The van der Waals surface area contributed by atoms with E-state index < -0.39 is 0 Å². The Morgan fingerprint density at radius 2 is 2.17 bits per heavy atom. The zero-order valence-corrected chi connectivity index (χ0v) is 11.8. The van der Waals surface area contributed by atoms with Crippen LogP contribution in [-0.2, 0) is 0 Å². The lowest BCUT2D eigenvalue weighted by Gasteiger charge is -2.11. The molecular weight excluding hydrogens is 300 g/mol. The van der Waals surface area contributed by atoms with Crippen LogP contribution in [0.3, 0.4) is 0 Å². The fourth-order valence-electron chi connectivity index (χ4n) is 1.26. The van der Waals surface area contributed by atoms with Crippen LogP contribution in [0.2, 0.25) is 0 Å². The first-order valence-corrected chi connectivity index (χ1v) is 6.00. The molecule has 0 amide bonds. The molecule has 0 saturated carbocycles. The van der Waals surface area contributed by atoms with E-state index in [1.165, 1.54) is 6.21 Å². The van der Waals surface area contributed by atoms with E-state index in [-0.39, 0.29) is 5.96 Å². The molecule has 0 aliphatic rings. The highest BCUT2D eigenvalue weighted by Gasteiger charge is 2.10. The van der Waals surface area contributed by atoms with Gasteiger partial charge in [-0.15, -0.1) is 5.10 Å². The van der Waals surface area contributed by atoms with Crippen molar-refractivity contribution in [1.82, 2.24) is 0 Å². The molecule has 0 aromatic heterocycles. The van der Waals surface area contributed by atoms with Crippen molar-refractivity contribution in [2.75, 3.05) is 13.7 Å². The predicted molar refractivity (Wildman–Crippen MR) is 75.3 cm³/mol. The van der Waals surface area contributed by atoms with E-state index >= 15 is 0 Å². The fourth-order valence-corrected chi connectivity index (χ4v) is 1.84. The second kappa shape index (κ2) is 6.85. The van der Waals surface area contributed by atoms with Crippen LogP contribution in [0.5, 0.6) is 11.5 Å². The molecule has 1 rings (SSSR count). The number of guanidine groups is 1. The summed E-state index contributed by atoms with van der Waals surface area (Å²) in [5.74, 6) is 1.17. The molecule has 7 heteroatoms. The highest BCUT2D eigenvalue weighted by molar-refractivity contribution is 9.10. The van der Waals surface area contributed by atoms with Crippen molar-refractivity contribution < 1.29 is 9.47 Å². The standard InChI is InChI=1S/C11H15BrN4O2/c1-3-18-10-8(12)4-7(5-9(10)17-2)6-15-16-11(13)14/h4-6H,3H2,1-2H3,(H4,13,14,16). The molecule has 98 valence electrons. The molecule has 0 unspecified atom stereocenters. The van der Waals surface area contributed by atoms with E-state index in [1.54, 1.807) is 13.2 Å². The van der Waals surface area contributed by atoms with Gasteiger partial charge >= 0.3 is 0 Å². The summed E-state index contributed by atoms with van der Waals surface area (Å²) >= 11 is 3.41. The molecule has 1 aromatic rings. The Labute approximate surface area is 114 Å². The van der Waals surface area contributed by atoms with Crippen molar-refractivity contribution in [2.24, 2.45) is 21.7 Å². The number of ether oxygens (including phenoxy) is 2. The lowest BCUT2D eigenvalue weighted by molar-refractivity contribution is 0.309. The zero-order valence-electron chi connectivity index (χ0n) is 10.2. The molecular formula is C11H15BrN4O2. The molecule has 0 radical (unpaired) electrons. The normalized spacial score (nSPS) is 10.4. The second-order valence-corrected chi connectivity index (χ2v) is 4.09. The van der Waals surface area contributed by atoms with Gasteiger partial charge in [0, 0.05) is 0 Å². The number of rotatable bonds is 5. The SMILES string of the molecule is CCOc1c(Br)cc(C=NN=C(N)N)cc1OC. The van der Waals surface area contributed by atoms with Crippen LogP contribution >= 0.6 is 15.9 Å². The minimum Gasteiger partial charge on any atom is -0.493 e. The number of benzene rings is 1. The van der Waals surface area contributed by atoms with E-state index in [1.807, 2.05) is 13.0 Å². The van der Waals surface area contributed by atoms with Gasteiger partial charge in [0.05, 0.1) is 24.4 Å². The first-order valence-electron chi connectivity index (χ1n) is 5.20. The summed E-state index contributed by atoms with van der Waals surface area (Å²) in [4.78, 5) is 0. The third-order valence-corrected chi connectivity index (χ3v) is 2.51. The van der Waals surface area contributed by atoms with E-state index in [0.29, 0.717) is 18.1 Å². The quantitative estimate of drug-likeness (QED) is 0.488. The van der Waals surface area contributed by atoms with Crippen molar-refractivity contribution in [1.29, 1.82) is 0 Å². The van der Waals surface area contributed by atoms with Gasteiger partial charge in [-0.3, -0.25) is 0 Å². The average molecular weight is 315 g/mol. The molecule has 0 spiro atoms. The van der Waals surface area contributed by atoms with Gasteiger partial charge < -0.3 is 20.9 Å². The van der Waals surface area contributed by atoms with Crippen molar-refractivity contribution in [3.05, 3.63) is 22.2 Å². The molecule has 0 atom stereocenters. The van der Waals surface area contributed by atoms with Gasteiger partial charge in [0.15, 0.2) is 11.5 Å². The summed E-state index contributed by atoms with van der Waals surface area (Å²) in [5, 5.41) is 7.25. The third kappa shape index (κ3) is 3.92. The van der Waals surface area contributed by atoms with Crippen LogP contribution < -0.4 is 20.9 Å². The number of halogens is 1. The maximum Gasteiger partial charge on any atom is 0.211 e. The number of hydrogen-bond acceptors (Lipinski definition) is 4. The van der Waals surface area contributed by atoms with Gasteiger partial charge in [0.25, 0.3) is 0 Å². The molecule has 6 nitrogen and oxygen atoms in total. The van der Waals surface area contributed by atoms with Crippen molar-refractivity contribution >= 4 is 28.1 Å². The first kappa shape index (κ1) is 14.3. The number of hydrogen-bond donors (Lipinski definition) is 2. The molecule has 18 heavy (non-hydrogen) atoms. The first-order chi connectivity index (χ1) is 8.58. The third-order valence-electron chi connectivity index (χ3n) is 1.92. The molecule has 4 N–H and O–H groups in total. The van der Waals surface area contributed by atoms with Crippen molar-refractivity contribution in [3.63, 3.8) is 0 Å². The lowest BCUT2D eigenvalue weighted by atomic mass is 10.2. The lowest BCUT2D eigenvalue weighted by Crippen LogP contribution is -2.21. The van der Waals surface area contributed by atoms with E-state index in [9.17, 15) is 0 Å². The number of nitrogens with two attached hydrogens (primary N) is 2. The summed E-state index contributed by atoms with van der Waals surface area (Å²) in [6, 6.07) is 3.61. The van der Waals surface area contributed by atoms with Crippen LogP contribution in [0.15, 0.2) is 26.8 Å². The summed E-state index contributed by atoms with van der Waals surface area (Å²) < 4.78 is 11.5. The van der Waals surface area contributed by atoms with E-state index in [0.717, 1.165) is 10.0 Å². The maximum absolute atomic E-state index is 5.47. The maximum atomic E-state index is 5.47. The Morgan fingerprint density at radius 1 is 1.44 bits per heavy atom. The minimum atomic E-state index is -0.0942. The Hall–Kier alpha value is -1.76. The van der Waals surface area contributed by atoms with Crippen LogP contribution in [0, 0.1) is 0 Å². The molecule has 0 aliphatic carbocycles. The summed E-state index contributed by atoms with van der Waals surface area (Å²) in [6.45, 7) is 2.45. The molecule has 0 fully saturated rings. The highest BCUT2D eigenvalue weighted by atomic mass is 79.9. The monoisotopic (exact) mass is 314 g/mol. The Bertz CT molecular complexity index is 470. The Morgan fingerprint density at radius 3 is 2.72 bits per heavy atom. The summed E-state index contributed by atoms with van der Waals surface area (Å²) in [5.41, 5.74) is 11.1. The molecule has 0 saturated heterocycles. The van der Waals surface area contributed by atoms with Gasteiger partial charge in [-0.1, -0.05) is 0 Å². The van der Waals surface area contributed by atoms with Crippen molar-refractivity contribution in [3.8, 4) is 11.5 Å². The molecule has 0 heterocycles. The summed E-state index contributed by atoms with van der Waals surface area (Å²) in [7, 11) is 1.57. The summed E-state index contributed by atoms with van der Waals surface area (Å²) in [6.07, 6.45) is 1.52. The molecule has 0 aliphatic heterocycles. The molecule has 0 bridgehead atoms. The largest absolute Gasteiger partial charge is 0.493 e. The Balaban J connectivity index is 3.06. The van der Waals surface area contributed by atoms with Crippen LogP contribution in [0.1, 0.15) is 12.5 Å². The fraction of sp³-hybridized carbons (Fsp3) is 0.273. The van der Waals surface area contributed by atoms with Gasteiger partial charge in [0.2, 0.25) is 5.96 Å². The second-order valence-electron chi connectivity index (χ2n) is 3.24. The van der Waals surface area contributed by atoms with Gasteiger partial charge in [0.1, 0.15) is 0 Å². The van der Waals surface area contributed by atoms with Gasteiger partial charge in [-0.2, -0.15) is 5.10 Å². The van der Waals surface area contributed by atoms with Gasteiger partial charge in [-0.25, -0.2) is 0 Å². The van der Waals surface area contributed by atoms with Crippen LogP contribution in [-0.4, -0.2) is 25.9 Å². The number of methoxy groups -OCH3 is 1. The minimum absolute atomic E-state index is 0.0942.